The number of pyridine rings is 1. The molecule has 0 bridgehead atoms. The largest absolute Gasteiger partial charge is 0.434 e. The van der Waals surface area contributed by atoms with Crippen molar-refractivity contribution in [1.29, 1.82) is 0 Å². The molecule has 1 aliphatic carbocycles. The number of allylic oxidation sites excluding steroid dienone is 1. The summed E-state index contributed by atoms with van der Waals surface area (Å²) in [6, 6.07) is 5.04. The van der Waals surface area contributed by atoms with Gasteiger partial charge in [0, 0.05) is 37.2 Å². The zero-order valence-electron chi connectivity index (χ0n) is 16.8. The van der Waals surface area contributed by atoms with E-state index in [0.717, 1.165) is 31.9 Å². The zero-order chi connectivity index (χ0) is 21.9. The zero-order valence-corrected chi connectivity index (χ0v) is 16.8. The summed E-state index contributed by atoms with van der Waals surface area (Å²) in [5.41, 5.74) is 5.82. The molecule has 1 saturated carbocycles. The third-order valence-electron chi connectivity index (χ3n) is 5.12. The van der Waals surface area contributed by atoms with Gasteiger partial charge in [-0.15, -0.1) is 0 Å². The van der Waals surface area contributed by atoms with Gasteiger partial charge in [0.15, 0.2) is 5.69 Å². The quantitative estimate of drug-likeness (QED) is 0.510. The van der Waals surface area contributed by atoms with Crippen LogP contribution in [-0.2, 0) is 11.0 Å². The fraction of sp³-hybridized carbons (Fsp3) is 0.450. The topological polar surface area (TPSA) is 96.8 Å². The molecule has 0 atom stereocenters. The van der Waals surface area contributed by atoms with Crippen LogP contribution < -0.4 is 16.4 Å². The average Bonchev–Trinajstić information content (AvgIpc) is 3.13. The number of halogens is 3. The van der Waals surface area contributed by atoms with E-state index in [1.165, 1.54) is 16.7 Å². The Bertz CT molecular complexity index is 967. The van der Waals surface area contributed by atoms with E-state index in [-0.39, 0.29) is 23.6 Å². The van der Waals surface area contributed by atoms with Gasteiger partial charge < -0.3 is 16.4 Å². The van der Waals surface area contributed by atoms with Crippen LogP contribution in [0, 0.1) is 0 Å². The molecule has 0 unspecified atom stereocenters. The van der Waals surface area contributed by atoms with E-state index >= 15 is 0 Å². The number of carbonyl (C=O) groups excluding carboxylic acids is 1. The summed E-state index contributed by atoms with van der Waals surface area (Å²) in [4.78, 5) is 19.9. The molecule has 0 spiro atoms. The molecule has 0 saturated heterocycles. The fourth-order valence-electron chi connectivity index (χ4n) is 3.59. The van der Waals surface area contributed by atoms with Crippen molar-refractivity contribution in [3.8, 4) is 0 Å². The van der Waals surface area contributed by atoms with Crippen LogP contribution in [0.1, 0.15) is 38.3 Å². The van der Waals surface area contributed by atoms with Gasteiger partial charge in [-0.1, -0.05) is 6.07 Å². The maximum atomic E-state index is 13.0. The molecule has 1 fully saturated rings. The van der Waals surface area contributed by atoms with Crippen LogP contribution in [0.2, 0.25) is 0 Å². The number of fused-ring (bicyclic) bond motifs is 1. The predicted molar refractivity (Wildman–Crippen MR) is 109 cm³/mol. The number of hydrogen-bond acceptors (Lipinski definition) is 5. The molecule has 3 rings (SSSR count). The van der Waals surface area contributed by atoms with Crippen LogP contribution >= 0.6 is 0 Å². The highest BCUT2D eigenvalue weighted by Crippen LogP contribution is 2.30. The van der Waals surface area contributed by atoms with Crippen LogP contribution in [0.15, 0.2) is 40.7 Å². The van der Waals surface area contributed by atoms with Crippen molar-refractivity contribution in [2.75, 3.05) is 12.4 Å². The molecule has 1 aliphatic rings. The van der Waals surface area contributed by atoms with Crippen molar-refractivity contribution in [2.24, 2.45) is 10.7 Å². The Hall–Kier alpha value is -3.04. The maximum absolute atomic E-state index is 13.0. The summed E-state index contributed by atoms with van der Waals surface area (Å²) in [5.74, 6) is 0.311. The van der Waals surface area contributed by atoms with Crippen LogP contribution in [0.4, 0.5) is 19.0 Å². The number of aromatic nitrogens is 2. The van der Waals surface area contributed by atoms with E-state index in [0.29, 0.717) is 17.1 Å². The van der Waals surface area contributed by atoms with E-state index < -0.39 is 11.9 Å². The van der Waals surface area contributed by atoms with E-state index in [1.807, 2.05) is 0 Å². The average molecular weight is 422 g/mol. The first-order valence-corrected chi connectivity index (χ1v) is 9.70. The summed E-state index contributed by atoms with van der Waals surface area (Å²) in [6.07, 6.45) is 0.988. The number of hydrogen-bond donors (Lipinski definition) is 3. The molecule has 0 radical (unpaired) electrons. The Morgan fingerprint density at radius 1 is 1.27 bits per heavy atom. The van der Waals surface area contributed by atoms with Crippen molar-refractivity contribution < 1.29 is 18.0 Å². The Morgan fingerprint density at radius 2 is 1.93 bits per heavy atom. The summed E-state index contributed by atoms with van der Waals surface area (Å²) >= 11 is 0. The molecule has 2 aromatic rings. The molecule has 10 heteroatoms. The number of alkyl halides is 3. The molecular weight excluding hydrogens is 397 g/mol. The lowest BCUT2D eigenvalue weighted by molar-refractivity contribution is -0.140. The second kappa shape index (κ2) is 8.76. The lowest BCUT2D eigenvalue weighted by Gasteiger charge is -2.30. The van der Waals surface area contributed by atoms with Crippen LogP contribution in [0.3, 0.4) is 0 Å². The Balaban J connectivity index is 1.62. The predicted octanol–water partition coefficient (Wildman–Crippen LogP) is 3.13. The SMILES string of the molecule is CN=C/C(C(=O)NC1CCC(Nc2cccc3nc(C(F)(F)F)cn23)CC1)=C(/C)N. The Labute approximate surface area is 172 Å². The molecule has 162 valence electrons. The summed E-state index contributed by atoms with van der Waals surface area (Å²) < 4.78 is 40.3. The van der Waals surface area contributed by atoms with Crippen molar-refractivity contribution in [3.63, 3.8) is 0 Å². The number of rotatable bonds is 5. The highest BCUT2D eigenvalue weighted by atomic mass is 19.4. The standard InChI is InChI=1S/C20H25F3N6O/c1-12(24)15(10-25-2)19(30)27-14-8-6-13(7-9-14)26-17-4-3-5-18-28-16(11-29(17)18)20(21,22)23/h3-5,10-11,13-14,26H,6-9,24H2,1-2H3,(H,27,30)/b15-12+,25-10?. The highest BCUT2D eigenvalue weighted by molar-refractivity contribution is 6.12. The minimum atomic E-state index is -4.49. The van der Waals surface area contributed by atoms with Gasteiger partial charge >= 0.3 is 6.18 Å². The van der Waals surface area contributed by atoms with Crippen molar-refractivity contribution >= 4 is 23.6 Å². The molecular formula is C20H25F3N6O. The molecule has 30 heavy (non-hydrogen) atoms. The summed E-state index contributed by atoms with van der Waals surface area (Å²) in [5, 5.41) is 6.30. The summed E-state index contributed by atoms with van der Waals surface area (Å²) in [6.45, 7) is 1.65. The second-order valence-electron chi connectivity index (χ2n) is 7.41. The Kier molecular flexibility index (Phi) is 6.33. The molecule has 1 amide bonds. The van der Waals surface area contributed by atoms with Crippen molar-refractivity contribution in [3.05, 3.63) is 41.4 Å². The van der Waals surface area contributed by atoms with Gasteiger partial charge in [-0.3, -0.25) is 14.2 Å². The number of anilines is 1. The van der Waals surface area contributed by atoms with E-state index in [2.05, 4.69) is 20.6 Å². The normalized spacial score (nSPS) is 21.0. The minimum Gasteiger partial charge on any atom is -0.402 e. The van der Waals surface area contributed by atoms with Crippen molar-refractivity contribution in [2.45, 2.75) is 50.9 Å². The van der Waals surface area contributed by atoms with Gasteiger partial charge in [0.2, 0.25) is 0 Å². The van der Waals surface area contributed by atoms with Gasteiger partial charge in [-0.25, -0.2) is 4.98 Å². The third-order valence-corrected chi connectivity index (χ3v) is 5.12. The lowest BCUT2D eigenvalue weighted by Crippen LogP contribution is -2.41. The molecule has 2 aromatic heterocycles. The van der Waals surface area contributed by atoms with Gasteiger partial charge in [0.1, 0.15) is 11.5 Å². The first-order chi connectivity index (χ1) is 14.2. The highest BCUT2D eigenvalue weighted by Gasteiger charge is 2.34. The smallest absolute Gasteiger partial charge is 0.402 e. The monoisotopic (exact) mass is 422 g/mol. The Morgan fingerprint density at radius 3 is 2.53 bits per heavy atom. The van der Waals surface area contributed by atoms with E-state index in [1.54, 1.807) is 26.1 Å². The molecule has 2 heterocycles. The maximum Gasteiger partial charge on any atom is 0.434 e. The number of aliphatic imine (C=N–C) groups is 1. The number of nitrogens with zero attached hydrogens (tertiary/aromatic N) is 3. The summed E-state index contributed by atoms with van der Waals surface area (Å²) in [7, 11) is 1.57. The molecule has 0 aliphatic heterocycles. The fourth-order valence-corrected chi connectivity index (χ4v) is 3.59. The second-order valence-corrected chi connectivity index (χ2v) is 7.41. The number of nitrogens with two attached hydrogens (primary N) is 1. The lowest BCUT2D eigenvalue weighted by atomic mass is 9.91. The van der Waals surface area contributed by atoms with Crippen LogP contribution in [0.5, 0.6) is 0 Å². The number of carbonyl (C=O) groups is 1. The van der Waals surface area contributed by atoms with Crippen LogP contribution in [0.25, 0.3) is 5.65 Å². The molecule has 4 N–H and O–H groups in total. The van der Waals surface area contributed by atoms with Crippen molar-refractivity contribution in [1.82, 2.24) is 14.7 Å². The molecule has 0 aromatic carbocycles. The third kappa shape index (κ3) is 4.92. The van der Waals surface area contributed by atoms with Gasteiger partial charge in [0.25, 0.3) is 5.91 Å². The first kappa shape index (κ1) is 21.7. The number of imidazole rings is 1. The van der Waals surface area contributed by atoms with Gasteiger partial charge in [-0.2, -0.15) is 13.2 Å². The first-order valence-electron chi connectivity index (χ1n) is 9.70. The number of amides is 1. The minimum absolute atomic E-state index is 0.0102. The van der Waals surface area contributed by atoms with Gasteiger partial charge in [-0.05, 0) is 44.7 Å². The molecule has 7 nitrogen and oxygen atoms in total. The van der Waals surface area contributed by atoms with E-state index in [9.17, 15) is 18.0 Å². The van der Waals surface area contributed by atoms with E-state index in [4.69, 9.17) is 5.73 Å². The van der Waals surface area contributed by atoms with Crippen LogP contribution in [-0.4, -0.2) is 40.6 Å². The number of nitrogens with one attached hydrogen (secondary N) is 2. The van der Waals surface area contributed by atoms with Gasteiger partial charge in [0.05, 0.1) is 5.57 Å².